The zero-order valence-corrected chi connectivity index (χ0v) is 14.0. The lowest BCUT2D eigenvalue weighted by molar-refractivity contribution is -0.131. The first-order chi connectivity index (χ1) is 9.79. The highest BCUT2D eigenvalue weighted by atomic mass is 32.1. The Morgan fingerprint density at radius 3 is 2.71 bits per heavy atom. The van der Waals surface area contributed by atoms with Gasteiger partial charge in [-0.1, -0.05) is 32.1 Å². The van der Waals surface area contributed by atoms with E-state index < -0.39 is 5.97 Å². The maximum atomic E-state index is 10.8. The number of piperidine rings is 1. The Bertz CT molecular complexity index is 543. The third-order valence-electron chi connectivity index (χ3n) is 3.78. The normalized spacial score (nSPS) is 20.2. The molecule has 0 aromatic carbocycles. The van der Waals surface area contributed by atoms with Crippen LogP contribution in [0.1, 0.15) is 57.5 Å². The van der Waals surface area contributed by atoms with E-state index in [4.69, 9.17) is 10.1 Å². The number of rotatable bonds is 3. The quantitative estimate of drug-likeness (QED) is 0.860. The van der Waals surface area contributed by atoms with Crippen molar-refractivity contribution in [1.29, 1.82) is 0 Å². The van der Waals surface area contributed by atoms with Crippen LogP contribution < -0.4 is 4.90 Å². The van der Waals surface area contributed by atoms with Crippen molar-refractivity contribution in [2.45, 2.75) is 58.4 Å². The number of carboxylic acids is 1. The van der Waals surface area contributed by atoms with Gasteiger partial charge in [-0.05, 0) is 32.3 Å². The van der Waals surface area contributed by atoms with Gasteiger partial charge in [0.05, 0.1) is 10.6 Å². The summed E-state index contributed by atoms with van der Waals surface area (Å²) in [6.07, 6.45) is 6.56. The summed E-state index contributed by atoms with van der Waals surface area (Å²) in [6, 6.07) is 0.508. The first kappa shape index (κ1) is 16.0. The van der Waals surface area contributed by atoms with Gasteiger partial charge in [0.15, 0.2) is 5.13 Å². The monoisotopic (exact) mass is 308 g/mol. The van der Waals surface area contributed by atoms with E-state index in [2.05, 4.69) is 32.6 Å². The lowest BCUT2D eigenvalue weighted by Crippen LogP contribution is -2.37. The molecular weight excluding hydrogens is 284 g/mol. The molecule has 0 amide bonds. The van der Waals surface area contributed by atoms with Gasteiger partial charge in [0.2, 0.25) is 0 Å². The second kappa shape index (κ2) is 6.18. The predicted molar refractivity (Wildman–Crippen MR) is 88.1 cm³/mol. The number of hydrogen-bond acceptors (Lipinski definition) is 4. The SMILES string of the molecule is CC1CCCCN1c1nc(C(C)(C)C)c(/C=C/C(=O)O)s1. The maximum absolute atomic E-state index is 10.8. The van der Waals surface area contributed by atoms with E-state index in [9.17, 15) is 4.79 Å². The van der Waals surface area contributed by atoms with Crippen molar-refractivity contribution in [3.63, 3.8) is 0 Å². The Hall–Kier alpha value is -1.36. The van der Waals surface area contributed by atoms with Crippen molar-refractivity contribution in [3.8, 4) is 0 Å². The molecule has 5 heteroatoms. The van der Waals surface area contributed by atoms with Crippen LogP contribution in [0.2, 0.25) is 0 Å². The van der Waals surface area contributed by atoms with E-state index in [0.717, 1.165) is 22.2 Å². The number of thiazole rings is 1. The Kier molecular flexibility index (Phi) is 4.71. The Balaban J connectivity index is 2.38. The smallest absolute Gasteiger partial charge is 0.328 e. The summed E-state index contributed by atoms with van der Waals surface area (Å²) in [5, 5.41) is 9.88. The van der Waals surface area contributed by atoms with E-state index in [1.54, 1.807) is 17.4 Å². The summed E-state index contributed by atoms with van der Waals surface area (Å²) < 4.78 is 0. The number of aromatic nitrogens is 1. The van der Waals surface area contributed by atoms with Gasteiger partial charge in [0.1, 0.15) is 0 Å². The zero-order valence-electron chi connectivity index (χ0n) is 13.2. The predicted octanol–water partition coefficient (Wildman–Crippen LogP) is 3.92. The summed E-state index contributed by atoms with van der Waals surface area (Å²) in [7, 11) is 0. The lowest BCUT2D eigenvalue weighted by atomic mass is 9.91. The van der Waals surface area contributed by atoms with Crippen molar-refractivity contribution < 1.29 is 9.90 Å². The highest BCUT2D eigenvalue weighted by molar-refractivity contribution is 7.16. The summed E-state index contributed by atoms with van der Waals surface area (Å²) in [4.78, 5) is 18.9. The van der Waals surface area contributed by atoms with Gasteiger partial charge in [-0.3, -0.25) is 0 Å². The molecule has 116 valence electrons. The fraction of sp³-hybridized carbons (Fsp3) is 0.625. The maximum Gasteiger partial charge on any atom is 0.328 e. The third kappa shape index (κ3) is 3.84. The van der Waals surface area contributed by atoms with Crippen LogP contribution in [-0.2, 0) is 10.2 Å². The molecule has 1 fully saturated rings. The van der Waals surface area contributed by atoms with Gasteiger partial charge in [0, 0.05) is 24.1 Å². The number of anilines is 1. The first-order valence-electron chi connectivity index (χ1n) is 7.48. The average molecular weight is 308 g/mol. The minimum Gasteiger partial charge on any atom is -0.478 e. The van der Waals surface area contributed by atoms with Gasteiger partial charge in [0.25, 0.3) is 0 Å². The molecule has 0 saturated carbocycles. The minimum absolute atomic E-state index is 0.0913. The second-order valence-electron chi connectivity index (χ2n) is 6.67. The molecule has 1 saturated heterocycles. The van der Waals surface area contributed by atoms with E-state index in [1.165, 1.54) is 25.3 Å². The van der Waals surface area contributed by atoms with Crippen LogP contribution in [0.3, 0.4) is 0 Å². The number of hydrogen-bond donors (Lipinski definition) is 1. The topological polar surface area (TPSA) is 53.4 Å². The van der Waals surface area contributed by atoms with Crippen LogP contribution in [-0.4, -0.2) is 28.6 Å². The largest absolute Gasteiger partial charge is 0.478 e. The van der Waals surface area contributed by atoms with E-state index in [-0.39, 0.29) is 5.41 Å². The van der Waals surface area contributed by atoms with E-state index >= 15 is 0 Å². The van der Waals surface area contributed by atoms with Gasteiger partial charge >= 0.3 is 5.97 Å². The molecule has 4 nitrogen and oxygen atoms in total. The van der Waals surface area contributed by atoms with Gasteiger partial charge in [-0.2, -0.15) is 0 Å². The highest BCUT2D eigenvalue weighted by Crippen LogP contribution is 2.36. The Morgan fingerprint density at radius 1 is 1.43 bits per heavy atom. The number of nitrogens with zero attached hydrogens (tertiary/aromatic N) is 2. The molecule has 1 aliphatic heterocycles. The summed E-state index contributed by atoms with van der Waals surface area (Å²) >= 11 is 1.60. The van der Waals surface area contributed by atoms with Crippen molar-refractivity contribution in [2.24, 2.45) is 0 Å². The molecular formula is C16H24N2O2S. The number of carbonyl (C=O) groups is 1. The lowest BCUT2D eigenvalue weighted by Gasteiger charge is -2.33. The Labute approximate surface area is 130 Å². The van der Waals surface area contributed by atoms with Crippen LogP contribution in [0.4, 0.5) is 5.13 Å². The molecule has 2 rings (SSSR count). The van der Waals surface area contributed by atoms with Crippen molar-refractivity contribution in [1.82, 2.24) is 4.98 Å². The third-order valence-corrected chi connectivity index (χ3v) is 4.84. The molecule has 0 aliphatic carbocycles. The average Bonchev–Trinajstić information content (AvgIpc) is 2.81. The van der Waals surface area contributed by atoms with Crippen LogP contribution in [0, 0.1) is 0 Å². The van der Waals surface area contributed by atoms with Crippen LogP contribution >= 0.6 is 11.3 Å². The fourth-order valence-corrected chi connectivity index (χ4v) is 3.93. The van der Waals surface area contributed by atoms with Crippen LogP contribution in [0.25, 0.3) is 6.08 Å². The molecule has 1 aliphatic rings. The molecule has 0 radical (unpaired) electrons. The second-order valence-corrected chi connectivity index (χ2v) is 7.68. The molecule has 1 N–H and O–H groups in total. The van der Waals surface area contributed by atoms with E-state index in [0.29, 0.717) is 6.04 Å². The summed E-state index contributed by atoms with van der Waals surface area (Å²) in [6.45, 7) is 9.63. The summed E-state index contributed by atoms with van der Waals surface area (Å²) in [5.74, 6) is -0.920. The standard InChI is InChI=1S/C16H24N2O2S/c1-11-7-5-6-10-18(11)15-17-14(16(2,3)4)12(21-15)8-9-13(19)20/h8-9,11H,5-7,10H2,1-4H3,(H,19,20)/b9-8+. The molecule has 1 atom stereocenters. The van der Waals surface area contributed by atoms with E-state index in [1.807, 2.05) is 0 Å². The molecule has 0 bridgehead atoms. The zero-order chi connectivity index (χ0) is 15.6. The van der Waals surface area contributed by atoms with Crippen LogP contribution in [0.5, 0.6) is 0 Å². The molecule has 21 heavy (non-hydrogen) atoms. The number of carboxylic acid groups (broad SMARTS) is 1. The molecule has 2 heterocycles. The fourth-order valence-electron chi connectivity index (χ4n) is 2.62. The van der Waals surface area contributed by atoms with Crippen molar-refractivity contribution in [2.75, 3.05) is 11.4 Å². The minimum atomic E-state index is -0.920. The first-order valence-corrected chi connectivity index (χ1v) is 8.29. The van der Waals surface area contributed by atoms with Gasteiger partial charge in [-0.15, -0.1) is 0 Å². The number of aliphatic carboxylic acids is 1. The van der Waals surface area contributed by atoms with Crippen LogP contribution in [0.15, 0.2) is 6.08 Å². The van der Waals surface area contributed by atoms with Gasteiger partial charge in [-0.25, -0.2) is 9.78 Å². The Morgan fingerprint density at radius 2 is 2.14 bits per heavy atom. The highest BCUT2D eigenvalue weighted by Gasteiger charge is 2.27. The molecule has 0 spiro atoms. The molecule has 1 aromatic rings. The molecule has 1 unspecified atom stereocenters. The summed E-state index contributed by atoms with van der Waals surface area (Å²) in [5.41, 5.74) is 0.893. The van der Waals surface area contributed by atoms with Crippen molar-refractivity contribution in [3.05, 3.63) is 16.6 Å². The van der Waals surface area contributed by atoms with Crippen molar-refractivity contribution >= 4 is 28.5 Å². The molecule has 1 aromatic heterocycles. The van der Waals surface area contributed by atoms with Gasteiger partial charge < -0.3 is 10.0 Å².